The number of fused-ring (bicyclic) bond motifs is 1. The molecular weight excluding hydrogens is 247 g/mol. The van der Waals surface area contributed by atoms with Gasteiger partial charge in [0.05, 0.1) is 6.10 Å². The van der Waals surface area contributed by atoms with Crippen LogP contribution in [0.5, 0.6) is 11.5 Å². The molecule has 0 spiro atoms. The Balaban J connectivity index is 0.00000162. The predicted octanol–water partition coefficient (Wildman–Crippen LogP) is -2.97. The summed E-state index contributed by atoms with van der Waals surface area (Å²) in [4.78, 5) is 10.3. The Morgan fingerprint density at radius 1 is 1.33 bits per heavy atom. The van der Waals surface area contributed by atoms with Crippen molar-refractivity contribution in [2.24, 2.45) is 0 Å². The monoisotopic (exact) mass is 260 g/mol. The fraction of sp³-hybridized carbons (Fsp3) is 0.417. The summed E-state index contributed by atoms with van der Waals surface area (Å²) < 4.78 is 10.7. The molecule has 1 unspecified atom stereocenters. The molecule has 0 bridgehead atoms. The average Bonchev–Trinajstić information content (AvgIpc) is 2.35. The van der Waals surface area contributed by atoms with Gasteiger partial charge in [-0.15, -0.1) is 0 Å². The number of aliphatic carboxylic acids is 1. The summed E-state index contributed by atoms with van der Waals surface area (Å²) in [6.45, 7) is 0.991. The number of hydrogen-bond acceptors (Lipinski definition) is 5. The van der Waals surface area contributed by atoms with Crippen LogP contribution in [0.1, 0.15) is 24.5 Å². The first-order chi connectivity index (χ1) is 8.16. The summed E-state index contributed by atoms with van der Waals surface area (Å²) in [7, 11) is 0. The van der Waals surface area contributed by atoms with Crippen molar-refractivity contribution in [1.29, 1.82) is 0 Å². The number of aliphatic hydroxyl groups excluding tert-OH is 1. The van der Waals surface area contributed by atoms with Gasteiger partial charge in [-0.05, 0) is 30.5 Å². The molecule has 1 heterocycles. The van der Waals surface area contributed by atoms with Crippen molar-refractivity contribution in [3.05, 3.63) is 23.8 Å². The van der Waals surface area contributed by atoms with Crippen LogP contribution in [0.25, 0.3) is 0 Å². The van der Waals surface area contributed by atoms with Crippen LogP contribution in [0.3, 0.4) is 0 Å². The number of carboxylic acid groups (broad SMARTS) is 1. The van der Waals surface area contributed by atoms with Crippen LogP contribution in [0.2, 0.25) is 0 Å². The van der Waals surface area contributed by atoms with Crippen molar-refractivity contribution in [2.75, 3.05) is 13.2 Å². The topological polar surface area (TPSA) is 78.8 Å². The molecule has 0 aromatic heterocycles. The predicted molar refractivity (Wildman–Crippen MR) is 56.6 cm³/mol. The maximum atomic E-state index is 10.3. The first-order valence-electron chi connectivity index (χ1n) is 5.44. The molecule has 2 rings (SSSR count). The second kappa shape index (κ2) is 6.99. The van der Waals surface area contributed by atoms with Gasteiger partial charge in [-0.3, -0.25) is 0 Å². The minimum atomic E-state index is -1.17. The van der Waals surface area contributed by atoms with E-state index in [0.717, 1.165) is 0 Å². The molecule has 6 heteroatoms. The van der Waals surface area contributed by atoms with E-state index >= 15 is 0 Å². The zero-order chi connectivity index (χ0) is 12.3. The third-order valence-electron chi connectivity index (χ3n) is 2.57. The van der Waals surface area contributed by atoms with Gasteiger partial charge in [0, 0.05) is 5.97 Å². The Labute approximate surface area is 127 Å². The second-order valence-electron chi connectivity index (χ2n) is 3.83. The number of rotatable bonds is 4. The van der Waals surface area contributed by atoms with E-state index in [1.165, 1.54) is 0 Å². The SMILES string of the molecule is O=C([O-])CCC(O)c1ccc2c(c1)OCCO2.[Na+]. The van der Waals surface area contributed by atoms with E-state index in [4.69, 9.17) is 9.47 Å². The van der Waals surface area contributed by atoms with E-state index < -0.39 is 12.1 Å². The maximum Gasteiger partial charge on any atom is 1.00 e. The van der Waals surface area contributed by atoms with Crippen molar-refractivity contribution < 1.29 is 54.0 Å². The molecule has 92 valence electrons. The number of ether oxygens (including phenoxy) is 2. The fourth-order valence-electron chi connectivity index (χ4n) is 1.69. The summed E-state index contributed by atoms with van der Waals surface area (Å²) in [5.74, 6) is 0.0648. The molecule has 0 fully saturated rings. The summed E-state index contributed by atoms with van der Waals surface area (Å²) >= 11 is 0. The van der Waals surface area contributed by atoms with Crippen LogP contribution >= 0.6 is 0 Å². The number of benzene rings is 1. The molecule has 0 radical (unpaired) electrons. The molecule has 1 atom stereocenters. The third kappa shape index (κ3) is 3.88. The zero-order valence-electron chi connectivity index (χ0n) is 10.2. The van der Waals surface area contributed by atoms with Crippen LogP contribution in [0.4, 0.5) is 0 Å². The Kier molecular flexibility index (Phi) is 5.95. The van der Waals surface area contributed by atoms with Gasteiger partial charge >= 0.3 is 29.6 Å². The minimum Gasteiger partial charge on any atom is -0.550 e. The number of carbonyl (C=O) groups excluding carboxylic acids is 1. The van der Waals surface area contributed by atoms with Crippen molar-refractivity contribution in [2.45, 2.75) is 18.9 Å². The quantitative estimate of drug-likeness (QED) is 0.585. The standard InChI is InChI=1S/C12H14O5.Na/c13-9(2-4-12(14)15)8-1-3-10-11(7-8)17-6-5-16-10;/h1,3,7,9,13H,2,4-6H2,(H,14,15);/q;+1/p-1. The van der Waals surface area contributed by atoms with Gasteiger partial charge < -0.3 is 24.5 Å². The Hall–Kier alpha value is -0.750. The first kappa shape index (κ1) is 15.3. The van der Waals surface area contributed by atoms with Gasteiger partial charge in [0.2, 0.25) is 0 Å². The summed E-state index contributed by atoms with van der Waals surface area (Å²) in [5, 5.41) is 20.1. The molecule has 1 N–H and O–H groups in total. The molecule has 1 aromatic carbocycles. The zero-order valence-corrected chi connectivity index (χ0v) is 12.2. The van der Waals surface area contributed by atoms with Crippen molar-refractivity contribution in [3.63, 3.8) is 0 Å². The van der Waals surface area contributed by atoms with Crippen molar-refractivity contribution in [1.82, 2.24) is 0 Å². The van der Waals surface area contributed by atoms with Crippen LogP contribution in [-0.2, 0) is 4.79 Å². The van der Waals surface area contributed by atoms with E-state index in [1.54, 1.807) is 18.2 Å². The largest absolute Gasteiger partial charge is 1.00 e. The summed E-state index contributed by atoms with van der Waals surface area (Å²) in [6, 6.07) is 5.09. The molecule has 0 amide bonds. The van der Waals surface area contributed by atoms with E-state index in [9.17, 15) is 15.0 Å². The molecule has 0 aliphatic carbocycles. The van der Waals surface area contributed by atoms with Gasteiger partial charge in [0.15, 0.2) is 11.5 Å². The van der Waals surface area contributed by atoms with E-state index in [0.29, 0.717) is 30.3 Å². The first-order valence-corrected chi connectivity index (χ1v) is 5.44. The third-order valence-corrected chi connectivity index (χ3v) is 2.57. The van der Waals surface area contributed by atoms with Crippen LogP contribution in [0.15, 0.2) is 18.2 Å². The molecule has 18 heavy (non-hydrogen) atoms. The second-order valence-corrected chi connectivity index (χ2v) is 3.83. The van der Waals surface area contributed by atoms with Gasteiger partial charge in [-0.25, -0.2) is 0 Å². The Morgan fingerprint density at radius 3 is 2.67 bits per heavy atom. The van der Waals surface area contributed by atoms with Crippen LogP contribution in [0, 0.1) is 0 Å². The maximum absolute atomic E-state index is 10.3. The molecule has 0 saturated carbocycles. The average molecular weight is 260 g/mol. The number of hydrogen-bond donors (Lipinski definition) is 1. The van der Waals surface area contributed by atoms with Gasteiger partial charge in [-0.1, -0.05) is 6.07 Å². The molecule has 0 saturated heterocycles. The summed E-state index contributed by atoms with van der Waals surface area (Å²) in [5.41, 5.74) is 0.621. The summed E-state index contributed by atoms with van der Waals surface area (Å²) in [6.07, 6.45) is -0.874. The Bertz CT molecular complexity index is 421. The van der Waals surface area contributed by atoms with E-state index in [-0.39, 0.29) is 42.4 Å². The molecule has 1 aliphatic rings. The van der Waals surface area contributed by atoms with E-state index in [1.807, 2.05) is 0 Å². The molecular formula is C12H13NaO5. The van der Waals surface area contributed by atoms with Gasteiger partial charge in [0.1, 0.15) is 13.2 Å². The van der Waals surface area contributed by atoms with Crippen LogP contribution in [-0.4, -0.2) is 24.3 Å². The van der Waals surface area contributed by atoms with Crippen molar-refractivity contribution >= 4 is 5.97 Å². The smallest absolute Gasteiger partial charge is 0.550 e. The van der Waals surface area contributed by atoms with Gasteiger partial charge in [0.25, 0.3) is 0 Å². The number of carbonyl (C=O) groups is 1. The Morgan fingerprint density at radius 2 is 2.00 bits per heavy atom. The number of carboxylic acids is 1. The van der Waals surface area contributed by atoms with Gasteiger partial charge in [-0.2, -0.15) is 0 Å². The molecule has 1 aromatic rings. The molecule has 5 nitrogen and oxygen atoms in total. The minimum absolute atomic E-state index is 0. The van der Waals surface area contributed by atoms with E-state index in [2.05, 4.69) is 0 Å². The fourth-order valence-corrected chi connectivity index (χ4v) is 1.69. The molecule has 1 aliphatic heterocycles. The number of aliphatic hydroxyl groups is 1. The normalized spacial score (nSPS) is 14.5. The van der Waals surface area contributed by atoms with Crippen LogP contribution < -0.4 is 44.1 Å². The van der Waals surface area contributed by atoms with Crippen molar-refractivity contribution in [3.8, 4) is 11.5 Å².